The second-order valence-corrected chi connectivity index (χ2v) is 10.2. The highest BCUT2D eigenvalue weighted by Crippen LogP contribution is 2.43. The third-order valence-electron chi connectivity index (χ3n) is 6.33. The summed E-state index contributed by atoms with van der Waals surface area (Å²) < 4.78 is 14.7. The molecule has 0 unspecified atom stereocenters. The van der Waals surface area contributed by atoms with Crippen molar-refractivity contribution in [3.8, 4) is 11.5 Å². The molecule has 1 aliphatic rings. The van der Waals surface area contributed by atoms with E-state index in [-0.39, 0.29) is 17.6 Å². The number of halogens is 2. The van der Waals surface area contributed by atoms with Crippen LogP contribution in [0.1, 0.15) is 69.7 Å². The van der Waals surface area contributed by atoms with E-state index in [1.54, 1.807) is 19.4 Å². The van der Waals surface area contributed by atoms with Crippen LogP contribution in [0.3, 0.4) is 0 Å². The van der Waals surface area contributed by atoms with Gasteiger partial charge in [0.25, 0.3) is 5.56 Å². The maximum atomic E-state index is 13.4. The van der Waals surface area contributed by atoms with Gasteiger partial charge in [-0.3, -0.25) is 4.79 Å². The zero-order valence-corrected chi connectivity index (χ0v) is 22.9. The minimum atomic E-state index is -0.152. The van der Waals surface area contributed by atoms with Crippen LogP contribution in [0.4, 0.5) is 0 Å². The third-order valence-corrected chi connectivity index (χ3v) is 8.47. The van der Waals surface area contributed by atoms with Crippen molar-refractivity contribution in [3.05, 3.63) is 61.0 Å². The van der Waals surface area contributed by atoms with Gasteiger partial charge in [-0.05, 0) is 76.2 Å². The highest BCUT2D eigenvalue weighted by Gasteiger charge is 2.23. The van der Waals surface area contributed by atoms with Crippen LogP contribution in [-0.4, -0.2) is 29.1 Å². The summed E-state index contributed by atoms with van der Waals surface area (Å²) >= 11 is 7.29. The van der Waals surface area contributed by atoms with Gasteiger partial charge in [0.15, 0.2) is 11.5 Å². The Morgan fingerprint density at radius 1 is 1.21 bits per heavy atom. The molecule has 180 valence electrons. The second kappa shape index (κ2) is 11.0. The van der Waals surface area contributed by atoms with Crippen LogP contribution >= 0.6 is 31.9 Å². The summed E-state index contributed by atoms with van der Waals surface area (Å²) in [6, 6.07) is 9.32. The van der Waals surface area contributed by atoms with E-state index in [2.05, 4.69) is 43.9 Å². The third kappa shape index (κ3) is 5.08. The molecular formula is C26H29Br2N3O3. The monoisotopic (exact) mass is 589 g/mol. The number of hydrogen-bond acceptors (Lipinski definition) is 5. The fourth-order valence-corrected chi connectivity index (χ4v) is 5.16. The van der Waals surface area contributed by atoms with Crippen LogP contribution in [-0.2, 0) is 0 Å². The molecular weight excluding hydrogens is 562 g/mol. The van der Waals surface area contributed by atoms with Crippen molar-refractivity contribution >= 4 is 49.0 Å². The molecule has 6 nitrogen and oxygen atoms in total. The number of benzene rings is 2. The lowest BCUT2D eigenvalue weighted by molar-refractivity contribution is 0.206. The molecule has 4 rings (SSSR count). The van der Waals surface area contributed by atoms with Crippen LogP contribution in [0.15, 0.2) is 49.2 Å². The van der Waals surface area contributed by atoms with Gasteiger partial charge >= 0.3 is 0 Å². The fraction of sp³-hybridized carbons (Fsp3) is 0.423. The molecule has 0 spiro atoms. The lowest BCUT2D eigenvalue weighted by Gasteiger charge is -2.22. The average molecular weight is 591 g/mol. The Bertz CT molecular complexity index is 1270. The Labute approximate surface area is 216 Å². The first-order chi connectivity index (χ1) is 16.4. The fourth-order valence-electron chi connectivity index (χ4n) is 4.24. The Hall–Kier alpha value is -2.19. The first kappa shape index (κ1) is 24.9. The highest BCUT2D eigenvalue weighted by atomic mass is 79.9. The molecule has 34 heavy (non-hydrogen) atoms. The quantitative estimate of drug-likeness (QED) is 0.277. The van der Waals surface area contributed by atoms with E-state index in [1.165, 1.54) is 11.1 Å². The zero-order valence-electron chi connectivity index (χ0n) is 19.7. The summed E-state index contributed by atoms with van der Waals surface area (Å²) in [6.45, 7) is 4.08. The maximum Gasteiger partial charge on any atom is 0.282 e. The van der Waals surface area contributed by atoms with E-state index in [0.717, 1.165) is 58.0 Å². The van der Waals surface area contributed by atoms with Crippen LogP contribution in [0, 0.1) is 0 Å². The van der Waals surface area contributed by atoms with Gasteiger partial charge in [-0.1, -0.05) is 38.3 Å². The molecule has 0 radical (unpaired) electrons. The molecule has 1 aliphatic carbocycles. The number of methoxy groups -OCH3 is 1. The number of aromatic nitrogens is 2. The topological polar surface area (TPSA) is 65.7 Å². The predicted octanol–water partition coefficient (Wildman–Crippen LogP) is 7.04. The Morgan fingerprint density at radius 3 is 2.65 bits per heavy atom. The van der Waals surface area contributed by atoms with Crippen LogP contribution in [0.25, 0.3) is 10.9 Å². The van der Waals surface area contributed by atoms with Gasteiger partial charge < -0.3 is 9.47 Å². The lowest BCUT2D eigenvalue weighted by Crippen LogP contribution is -2.25. The van der Waals surface area contributed by atoms with Crippen molar-refractivity contribution in [2.24, 2.45) is 5.10 Å². The van der Waals surface area contributed by atoms with Crippen molar-refractivity contribution in [1.29, 1.82) is 0 Å². The summed E-state index contributed by atoms with van der Waals surface area (Å²) in [7, 11) is 1.61. The number of fused-ring (bicyclic) bond motifs is 1. The normalized spacial score (nSPS) is 15.7. The largest absolute Gasteiger partial charge is 0.493 e. The summed E-state index contributed by atoms with van der Waals surface area (Å²) in [5.41, 5.74) is 1.33. The molecule has 3 aromatic rings. The second-order valence-electron chi connectivity index (χ2n) is 8.65. The van der Waals surface area contributed by atoms with Crippen LogP contribution in [0.2, 0.25) is 0 Å². The molecule has 2 aromatic carbocycles. The highest BCUT2D eigenvalue weighted by molar-refractivity contribution is 9.13. The van der Waals surface area contributed by atoms with Gasteiger partial charge in [-0.2, -0.15) is 9.78 Å². The summed E-state index contributed by atoms with van der Waals surface area (Å²) in [5, 5.41) is 5.22. The minimum absolute atomic E-state index is 0.0388. The molecule has 1 saturated carbocycles. The zero-order chi connectivity index (χ0) is 24.2. The van der Waals surface area contributed by atoms with Crippen molar-refractivity contribution in [2.75, 3.05) is 7.11 Å². The number of nitrogens with zero attached hydrogens (tertiary/aromatic N) is 3. The Morgan fingerprint density at radius 2 is 1.94 bits per heavy atom. The van der Waals surface area contributed by atoms with Crippen LogP contribution < -0.4 is 15.0 Å². The predicted molar refractivity (Wildman–Crippen MR) is 144 cm³/mol. The van der Waals surface area contributed by atoms with Gasteiger partial charge in [0.05, 0.1) is 34.8 Å². The van der Waals surface area contributed by atoms with E-state index in [9.17, 15) is 4.79 Å². The maximum absolute atomic E-state index is 13.4. The molecule has 1 fully saturated rings. The van der Waals surface area contributed by atoms with Gasteiger partial charge in [0.2, 0.25) is 0 Å². The molecule has 0 bridgehead atoms. The molecule has 1 heterocycles. The van der Waals surface area contributed by atoms with Gasteiger partial charge in [0, 0.05) is 16.0 Å². The van der Waals surface area contributed by atoms with Gasteiger partial charge in [0.1, 0.15) is 5.82 Å². The average Bonchev–Trinajstić information content (AvgIpc) is 2.87. The molecule has 1 atom stereocenters. The molecule has 8 heteroatoms. The molecule has 0 amide bonds. The smallest absolute Gasteiger partial charge is 0.282 e. The lowest BCUT2D eigenvalue weighted by atomic mass is 9.88. The summed E-state index contributed by atoms with van der Waals surface area (Å²) in [6.07, 6.45) is 8.14. The first-order valence-electron chi connectivity index (χ1n) is 11.7. The van der Waals surface area contributed by atoms with E-state index in [4.69, 9.17) is 14.5 Å². The van der Waals surface area contributed by atoms with E-state index in [0.29, 0.717) is 16.9 Å². The minimum Gasteiger partial charge on any atom is -0.493 e. The van der Waals surface area contributed by atoms with Gasteiger partial charge in [-0.15, -0.1) is 0 Å². The molecule has 0 saturated heterocycles. The SMILES string of the molecule is CC[C@@H](C)Oc1c(OC)cc(C=Nn2c(C3CCCCC3)nc3ccccc3c2=O)c(Br)c1Br. The van der Waals surface area contributed by atoms with Gasteiger partial charge in [-0.25, -0.2) is 4.98 Å². The molecule has 1 aromatic heterocycles. The number of rotatable bonds is 7. The molecule has 0 N–H and O–H groups in total. The standard InChI is InChI=1S/C26H29Br2N3O3/c1-4-16(2)34-24-21(33-3)14-18(22(27)23(24)28)15-29-31-25(17-10-6-5-7-11-17)30-20-13-9-8-12-19(20)26(31)32/h8-9,12-17H,4-7,10-11H2,1-3H3/t16-/m1/s1. The molecule has 0 aliphatic heterocycles. The Kier molecular flexibility index (Phi) is 8.09. The van der Waals surface area contributed by atoms with E-state index >= 15 is 0 Å². The summed E-state index contributed by atoms with van der Waals surface area (Å²) in [5.74, 6) is 2.18. The van der Waals surface area contributed by atoms with Crippen molar-refractivity contribution in [3.63, 3.8) is 0 Å². The number of ether oxygens (including phenoxy) is 2. The summed E-state index contributed by atoms with van der Waals surface area (Å²) in [4.78, 5) is 18.3. The van der Waals surface area contributed by atoms with Crippen molar-refractivity contribution in [2.45, 2.75) is 64.4 Å². The van der Waals surface area contributed by atoms with Crippen molar-refractivity contribution < 1.29 is 9.47 Å². The van der Waals surface area contributed by atoms with E-state index in [1.807, 2.05) is 31.2 Å². The van der Waals surface area contributed by atoms with Crippen LogP contribution in [0.5, 0.6) is 11.5 Å². The first-order valence-corrected chi connectivity index (χ1v) is 13.3. The van der Waals surface area contributed by atoms with Crippen molar-refractivity contribution in [1.82, 2.24) is 9.66 Å². The number of para-hydroxylation sites is 1. The Balaban J connectivity index is 1.81. The number of hydrogen-bond donors (Lipinski definition) is 0. The van der Waals surface area contributed by atoms with E-state index < -0.39 is 0 Å².